The third kappa shape index (κ3) is 6.56. The van der Waals surface area contributed by atoms with Crippen LogP contribution in [0, 0.1) is 17.2 Å². The molecule has 0 aromatic carbocycles. The van der Waals surface area contributed by atoms with Gasteiger partial charge in [-0.3, -0.25) is 5.32 Å². The Hall–Kier alpha value is -0.590. The number of nitrogens with zero attached hydrogens (tertiary/aromatic N) is 1. The van der Waals surface area contributed by atoms with Crippen molar-refractivity contribution in [2.45, 2.75) is 45.8 Å². The lowest BCUT2D eigenvalue weighted by Crippen LogP contribution is -2.34. The summed E-state index contributed by atoms with van der Waals surface area (Å²) in [5.41, 5.74) is 0. The maximum atomic E-state index is 9.49. The van der Waals surface area contributed by atoms with Gasteiger partial charge in [-0.15, -0.1) is 0 Å². The van der Waals surface area contributed by atoms with Crippen LogP contribution < -0.4 is 5.32 Å². The standard InChI is InChI=1S/C10H20N2O/c1-4-9(6-11)12-7-10(13)5-8(2)3/h8-10,12-13H,4-5,7H2,1-3H3. The summed E-state index contributed by atoms with van der Waals surface area (Å²) in [6.07, 6.45) is 1.24. The number of nitrogens with one attached hydrogen (secondary N) is 1. The molecule has 3 heteroatoms. The minimum atomic E-state index is -0.331. The average Bonchev–Trinajstić information content (AvgIpc) is 2.05. The van der Waals surface area contributed by atoms with Crippen molar-refractivity contribution in [3.05, 3.63) is 0 Å². The Balaban J connectivity index is 3.57. The Morgan fingerprint density at radius 2 is 2.08 bits per heavy atom. The van der Waals surface area contributed by atoms with Crippen molar-refractivity contribution in [1.29, 1.82) is 5.26 Å². The lowest BCUT2D eigenvalue weighted by Gasteiger charge is -2.15. The lowest BCUT2D eigenvalue weighted by molar-refractivity contribution is 0.144. The third-order valence-corrected chi connectivity index (χ3v) is 1.91. The first-order valence-electron chi connectivity index (χ1n) is 4.91. The van der Waals surface area contributed by atoms with Crippen LogP contribution in [0.15, 0.2) is 0 Å². The zero-order valence-corrected chi connectivity index (χ0v) is 8.75. The van der Waals surface area contributed by atoms with E-state index in [9.17, 15) is 5.11 Å². The molecule has 0 aromatic heterocycles. The van der Waals surface area contributed by atoms with E-state index in [0.717, 1.165) is 12.8 Å². The summed E-state index contributed by atoms with van der Waals surface area (Å²) in [7, 11) is 0. The molecule has 0 fully saturated rings. The molecule has 13 heavy (non-hydrogen) atoms. The number of aliphatic hydroxyl groups is 1. The van der Waals surface area contributed by atoms with Gasteiger partial charge in [0.2, 0.25) is 0 Å². The zero-order valence-electron chi connectivity index (χ0n) is 8.75. The molecule has 0 aliphatic heterocycles. The van der Waals surface area contributed by atoms with Crippen LogP contribution in [0.5, 0.6) is 0 Å². The average molecular weight is 184 g/mol. The van der Waals surface area contributed by atoms with Crippen LogP contribution in [0.1, 0.15) is 33.6 Å². The van der Waals surface area contributed by atoms with Gasteiger partial charge in [0, 0.05) is 6.54 Å². The van der Waals surface area contributed by atoms with Gasteiger partial charge in [-0.1, -0.05) is 20.8 Å². The van der Waals surface area contributed by atoms with Crippen LogP contribution in [0.3, 0.4) is 0 Å². The summed E-state index contributed by atoms with van der Waals surface area (Å²) in [5, 5.41) is 21.1. The molecular formula is C10H20N2O. The summed E-state index contributed by atoms with van der Waals surface area (Å²) in [5.74, 6) is 0.499. The van der Waals surface area contributed by atoms with Crippen molar-refractivity contribution in [3.8, 4) is 6.07 Å². The van der Waals surface area contributed by atoms with Gasteiger partial charge in [-0.2, -0.15) is 5.26 Å². The molecule has 0 aliphatic rings. The number of hydrogen-bond acceptors (Lipinski definition) is 3. The highest BCUT2D eigenvalue weighted by Gasteiger charge is 2.09. The van der Waals surface area contributed by atoms with E-state index in [-0.39, 0.29) is 12.1 Å². The topological polar surface area (TPSA) is 56.0 Å². The van der Waals surface area contributed by atoms with Crippen LogP contribution in [-0.2, 0) is 0 Å². The predicted octanol–water partition coefficient (Wildman–Crippen LogP) is 1.29. The van der Waals surface area contributed by atoms with Gasteiger partial charge in [-0.25, -0.2) is 0 Å². The molecule has 0 amide bonds. The molecule has 0 spiro atoms. The highest BCUT2D eigenvalue weighted by molar-refractivity contribution is 4.88. The van der Waals surface area contributed by atoms with Gasteiger partial charge in [0.25, 0.3) is 0 Å². The van der Waals surface area contributed by atoms with Gasteiger partial charge in [0.1, 0.15) is 0 Å². The minimum absolute atomic E-state index is 0.123. The van der Waals surface area contributed by atoms with Crippen molar-refractivity contribution in [2.75, 3.05) is 6.54 Å². The number of hydrogen-bond donors (Lipinski definition) is 2. The second-order valence-corrected chi connectivity index (χ2v) is 3.78. The largest absolute Gasteiger partial charge is 0.392 e. The molecule has 2 unspecified atom stereocenters. The van der Waals surface area contributed by atoms with Gasteiger partial charge in [0.05, 0.1) is 18.2 Å². The molecule has 76 valence electrons. The molecule has 0 rings (SSSR count). The molecule has 3 nitrogen and oxygen atoms in total. The zero-order chi connectivity index (χ0) is 10.3. The van der Waals surface area contributed by atoms with Gasteiger partial charge >= 0.3 is 0 Å². The Morgan fingerprint density at radius 1 is 1.46 bits per heavy atom. The molecule has 2 N–H and O–H groups in total. The van der Waals surface area contributed by atoms with Crippen molar-refractivity contribution >= 4 is 0 Å². The van der Waals surface area contributed by atoms with E-state index >= 15 is 0 Å². The van der Waals surface area contributed by atoms with E-state index in [1.54, 1.807) is 0 Å². The highest BCUT2D eigenvalue weighted by Crippen LogP contribution is 2.03. The minimum Gasteiger partial charge on any atom is -0.392 e. The lowest BCUT2D eigenvalue weighted by atomic mass is 10.1. The van der Waals surface area contributed by atoms with Crippen molar-refractivity contribution in [1.82, 2.24) is 5.32 Å². The van der Waals surface area contributed by atoms with Crippen LogP contribution >= 0.6 is 0 Å². The van der Waals surface area contributed by atoms with Gasteiger partial charge < -0.3 is 5.11 Å². The van der Waals surface area contributed by atoms with E-state index in [2.05, 4.69) is 25.2 Å². The Bertz CT molecular complexity index is 163. The number of rotatable bonds is 6. The second kappa shape index (κ2) is 6.88. The second-order valence-electron chi connectivity index (χ2n) is 3.78. The van der Waals surface area contributed by atoms with E-state index < -0.39 is 0 Å². The maximum Gasteiger partial charge on any atom is 0.0951 e. The predicted molar refractivity (Wildman–Crippen MR) is 53.2 cm³/mol. The summed E-state index contributed by atoms with van der Waals surface area (Å²) in [6, 6.07) is 2.01. The maximum absolute atomic E-state index is 9.49. The molecule has 0 heterocycles. The Labute approximate surface area is 80.8 Å². The first-order valence-corrected chi connectivity index (χ1v) is 4.91. The first kappa shape index (κ1) is 12.4. The van der Waals surface area contributed by atoms with Crippen molar-refractivity contribution < 1.29 is 5.11 Å². The van der Waals surface area contributed by atoms with Crippen LogP contribution in [-0.4, -0.2) is 23.8 Å². The molecule has 0 saturated carbocycles. The fraction of sp³-hybridized carbons (Fsp3) is 0.900. The van der Waals surface area contributed by atoms with E-state index in [1.807, 2.05) is 6.92 Å². The molecule has 0 bridgehead atoms. The van der Waals surface area contributed by atoms with Crippen molar-refractivity contribution in [3.63, 3.8) is 0 Å². The highest BCUT2D eigenvalue weighted by atomic mass is 16.3. The third-order valence-electron chi connectivity index (χ3n) is 1.91. The van der Waals surface area contributed by atoms with Gasteiger partial charge in [-0.05, 0) is 18.8 Å². The summed E-state index contributed by atoms with van der Waals surface area (Å²) >= 11 is 0. The molecular weight excluding hydrogens is 164 g/mol. The van der Waals surface area contributed by atoms with Gasteiger partial charge in [0.15, 0.2) is 0 Å². The summed E-state index contributed by atoms with van der Waals surface area (Å²) in [6.45, 7) is 6.62. The SMILES string of the molecule is CCC(C#N)NCC(O)CC(C)C. The first-order chi connectivity index (χ1) is 6.10. The van der Waals surface area contributed by atoms with E-state index in [4.69, 9.17) is 5.26 Å². The van der Waals surface area contributed by atoms with Crippen LogP contribution in [0.25, 0.3) is 0 Å². The normalized spacial score (nSPS) is 15.4. The van der Waals surface area contributed by atoms with Crippen LogP contribution in [0.4, 0.5) is 0 Å². The Kier molecular flexibility index (Phi) is 6.56. The molecule has 0 radical (unpaired) electrons. The molecule has 0 aliphatic carbocycles. The molecule has 2 atom stereocenters. The van der Waals surface area contributed by atoms with Crippen molar-refractivity contribution in [2.24, 2.45) is 5.92 Å². The summed E-state index contributed by atoms with van der Waals surface area (Å²) < 4.78 is 0. The molecule has 0 aromatic rings. The fourth-order valence-electron chi connectivity index (χ4n) is 1.19. The van der Waals surface area contributed by atoms with Crippen LogP contribution in [0.2, 0.25) is 0 Å². The Morgan fingerprint density at radius 3 is 2.46 bits per heavy atom. The smallest absolute Gasteiger partial charge is 0.0951 e. The number of nitriles is 1. The number of aliphatic hydroxyl groups excluding tert-OH is 1. The monoisotopic (exact) mass is 184 g/mol. The summed E-state index contributed by atoms with van der Waals surface area (Å²) in [4.78, 5) is 0. The van der Waals surface area contributed by atoms with E-state index in [1.165, 1.54) is 0 Å². The fourth-order valence-corrected chi connectivity index (χ4v) is 1.19. The van der Waals surface area contributed by atoms with E-state index in [0.29, 0.717) is 12.5 Å². The quantitative estimate of drug-likeness (QED) is 0.654. The molecule has 0 saturated heterocycles.